The largest absolute Gasteiger partial charge is 0.335 e. The van der Waals surface area contributed by atoms with Gasteiger partial charge < -0.3 is 16.0 Å². The number of nitrogens with one attached hydrogen (secondary N) is 1. The van der Waals surface area contributed by atoms with Gasteiger partial charge in [-0.15, -0.1) is 0 Å². The topological polar surface area (TPSA) is 58.4 Å². The van der Waals surface area contributed by atoms with Crippen molar-refractivity contribution < 1.29 is 4.79 Å². The average molecular weight is 197 g/mol. The van der Waals surface area contributed by atoms with Crippen molar-refractivity contribution in [1.82, 2.24) is 10.2 Å². The van der Waals surface area contributed by atoms with Gasteiger partial charge in [-0.3, -0.25) is 0 Å². The van der Waals surface area contributed by atoms with Crippen LogP contribution in [0.5, 0.6) is 0 Å². The minimum absolute atomic E-state index is 0.113. The number of likely N-dealkylation sites (tertiary alicyclic amines) is 1. The fraction of sp³-hybridized carbons (Fsp3) is 0.900. The first-order chi connectivity index (χ1) is 6.75. The molecule has 0 aromatic rings. The zero-order valence-corrected chi connectivity index (χ0v) is 8.54. The molecule has 4 nitrogen and oxygen atoms in total. The SMILES string of the molecule is NC1CCN(C(=O)NC2CCC2)CC1. The summed E-state index contributed by atoms with van der Waals surface area (Å²) in [4.78, 5) is 13.6. The summed E-state index contributed by atoms with van der Waals surface area (Å²) in [5, 5.41) is 3.05. The van der Waals surface area contributed by atoms with Gasteiger partial charge in [0.1, 0.15) is 0 Å². The van der Waals surface area contributed by atoms with E-state index in [9.17, 15) is 4.79 Å². The zero-order chi connectivity index (χ0) is 9.97. The van der Waals surface area contributed by atoms with Gasteiger partial charge in [0.2, 0.25) is 0 Å². The maximum atomic E-state index is 11.7. The normalized spacial score (nSPS) is 24.5. The molecule has 0 spiro atoms. The molecule has 3 N–H and O–H groups in total. The van der Waals surface area contributed by atoms with Crippen molar-refractivity contribution in [2.24, 2.45) is 5.73 Å². The lowest BCUT2D eigenvalue weighted by molar-refractivity contribution is 0.172. The summed E-state index contributed by atoms with van der Waals surface area (Å²) in [7, 11) is 0. The van der Waals surface area contributed by atoms with Crippen LogP contribution in [0, 0.1) is 0 Å². The molecule has 2 amide bonds. The molecule has 1 saturated carbocycles. The molecule has 1 aliphatic heterocycles. The summed E-state index contributed by atoms with van der Waals surface area (Å²) in [6.07, 6.45) is 5.45. The molecule has 0 bridgehead atoms. The second kappa shape index (κ2) is 4.17. The smallest absolute Gasteiger partial charge is 0.317 e. The van der Waals surface area contributed by atoms with E-state index in [4.69, 9.17) is 5.73 Å². The lowest BCUT2D eigenvalue weighted by atomic mass is 9.93. The van der Waals surface area contributed by atoms with E-state index in [2.05, 4.69) is 5.32 Å². The molecule has 0 atom stereocenters. The molecule has 1 saturated heterocycles. The van der Waals surface area contributed by atoms with Crippen molar-refractivity contribution in [2.75, 3.05) is 13.1 Å². The first-order valence-electron chi connectivity index (χ1n) is 5.57. The summed E-state index contributed by atoms with van der Waals surface area (Å²) in [6.45, 7) is 1.64. The summed E-state index contributed by atoms with van der Waals surface area (Å²) in [6, 6.07) is 0.849. The molecule has 0 radical (unpaired) electrons. The van der Waals surface area contributed by atoms with Gasteiger partial charge in [0.05, 0.1) is 0 Å². The van der Waals surface area contributed by atoms with Crippen molar-refractivity contribution in [3.63, 3.8) is 0 Å². The summed E-state index contributed by atoms with van der Waals surface area (Å²) < 4.78 is 0. The molecule has 2 aliphatic rings. The highest BCUT2D eigenvalue weighted by atomic mass is 16.2. The average Bonchev–Trinajstić information content (AvgIpc) is 2.12. The number of nitrogens with zero attached hydrogens (tertiary/aromatic N) is 1. The van der Waals surface area contributed by atoms with Crippen LogP contribution in [0.15, 0.2) is 0 Å². The van der Waals surface area contributed by atoms with E-state index in [1.807, 2.05) is 4.90 Å². The molecule has 14 heavy (non-hydrogen) atoms. The summed E-state index contributed by atoms with van der Waals surface area (Å²) in [5.74, 6) is 0. The Morgan fingerprint density at radius 2 is 1.86 bits per heavy atom. The van der Waals surface area contributed by atoms with Crippen molar-refractivity contribution in [3.05, 3.63) is 0 Å². The Balaban J connectivity index is 1.74. The van der Waals surface area contributed by atoms with Gasteiger partial charge in [-0.1, -0.05) is 0 Å². The molecule has 1 heterocycles. The fourth-order valence-electron chi connectivity index (χ4n) is 1.92. The van der Waals surface area contributed by atoms with Gasteiger partial charge in [0.25, 0.3) is 0 Å². The van der Waals surface area contributed by atoms with Crippen LogP contribution in [0.4, 0.5) is 4.79 Å². The molecule has 2 rings (SSSR count). The highest BCUT2D eigenvalue weighted by Crippen LogP contribution is 2.18. The minimum Gasteiger partial charge on any atom is -0.335 e. The Labute approximate surface area is 84.8 Å². The van der Waals surface area contributed by atoms with Gasteiger partial charge in [0, 0.05) is 25.2 Å². The molecule has 1 aliphatic carbocycles. The van der Waals surface area contributed by atoms with Crippen LogP contribution in [-0.2, 0) is 0 Å². The van der Waals surface area contributed by atoms with Crippen LogP contribution in [0.3, 0.4) is 0 Å². The van der Waals surface area contributed by atoms with Gasteiger partial charge in [-0.2, -0.15) is 0 Å². The van der Waals surface area contributed by atoms with Crippen LogP contribution in [-0.4, -0.2) is 36.1 Å². The second-order valence-electron chi connectivity index (χ2n) is 4.40. The van der Waals surface area contributed by atoms with Gasteiger partial charge >= 0.3 is 6.03 Å². The van der Waals surface area contributed by atoms with E-state index in [0.717, 1.165) is 38.8 Å². The molecule has 0 unspecified atom stereocenters. The number of carbonyl (C=O) groups excluding carboxylic acids is 1. The number of hydrogen-bond donors (Lipinski definition) is 2. The first-order valence-corrected chi connectivity index (χ1v) is 5.57. The number of piperidine rings is 1. The number of amides is 2. The number of urea groups is 1. The first kappa shape index (κ1) is 9.77. The third-order valence-electron chi connectivity index (χ3n) is 3.26. The third-order valence-corrected chi connectivity index (χ3v) is 3.26. The number of nitrogens with two attached hydrogens (primary N) is 1. The zero-order valence-electron chi connectivity index (χ0n) is 8.54. The van der Waals surface area contributed by atoms with E-state index >= 15 is 0 Å². The van der Waals surface area contributed by atoms with E-state index in [0.29, 0.717) is 12.1 Å². The molecule has 4 heteroatoms. The minimum atomic E-state index is 0.113. The van der Waals surface area contributed by atoms with E-state index in [1.54, 1.807) is 0 Å². The quantitative estimate of drug-likeness (QED) is 0.649. The molecular formula is C10H19N3O. The van der Waals surface area contributed by atoms with Crippen LogP contribution < -0.4 is 11.1 Å². The van der Waals surface area contributed by atoms with Gasteiger partial charge in [-0.05, 0) is 32.1 Å². The number of hydrogen-bond acceptors (Lipinski definition) is 2. The van der Waals surface area contributed by atoms with E-state index in [1.165, 1.54) is 6.42 Å². The van der Waals surface area contributed by atoms with Crippen LogP contribution >= 0.6 is 0 Å². The summed E-state index contributed by atoms with van der Waals surface area (Å²) in [5.41, 5.74) is 5.78. The number of rotatable bonds is 1. The van der Waals surface area contributed by atoms with Crippen LogP contribution in [0.2, 0.25) is 0 Å². The van der Waals surface area contributed by atoms with Crippen LogP contribution in [0.1, 0.15) is 32.1 Å². The number of carbonyl (C=O) groups is 1. The molecule has 2 fully saturated rings. The maximum absolute atomic E-state index is 11.7. The standard InChI is InChI=1S/C10H19N3O/c11-8-4-6-13(7-5-8)10(14)12-9-2-1-3-9/h8-9H,1-7,11H2,(H,12,14). The Morgan fingerprint density at radius 3 is 2.36 bits per heavy atom. The van der Waals surface area contributed by atoms with Crippen molar-refractivity contribution in [1.29, 1.82) is 0 Å². The van der Waals surface area contributed by atoms with Gasteiger partial charge in [0.15, 0.2) is 0 Å². The monoisotopic (exact) mass is 197 g/mol. The van der Waals surface area contributed by atoms with Gasteiger partial charge in [-0.25, -0.2) is 4.79 Å². The molecule has 0 aromatic heterocycles. The Hall–Kier alpha value is -0.770. The van der Waals surface area contributed by atoms with Crippen molar-refractivity contribution in [3.8, 4) is 0 Å². The predicted octanol–water partition coefficient (Wildman–Crippen LogP) is 0.672. The van der Waals surface area contributed by atoms with Crippen molar-refractivity contribution >= 4 is 6.03 Å². The van der Waals surface area contributed by atoms with Crippen LogP contribution in [0.25, 0.3) is 0 Å². The Bertz CT molecular complexity index is 207. The fourth-order valence-corrected chi connectivity index (χ4v) is 1.92. The van der Waals surface area contributed by atoms with Crippen molar-refractivity contribution in [2.45, 2.75) is 44.2 Å². The Morgan fingerprint density at radius 1 is 1.21 bits per heavy atom. The second-order valence-corrected chi connectivity index (χ2v) is 4.40. The molecule has 80 valence electrons. The van der Waals surface area contributed by atoms with E-state index < -0.39 is 0 Å². The highest BCUT2D eigenvalue weighted by molar-refractivity contribution is 5.74. The Kier molecular flexibility index (Phi) is 2.91. The predicted molar refractivity (Wildman–Crippen MR) is 55.0 cm³/mol. The molecule has 0 aromatic carbocycles. The highest BCUT2D eigenvalue weighted by Gasteiger charge is 2.24. The maximum Gasteiger partial charge on any atom is 0.317 e. The molecular weight excluding hydrogens is 178 g/mol. The lowest BCUT2D eigenvalue weighted by Gasteiger charge is -2.34. The lowest BCUT2D eigenvalue weighted by Crippen LogP contribution is -2.51. The summed E-state index contributed by atoms with van der Waals surface area (Å²) >= 11 is 0. The van der Waals surface area contributed by atoms with E-state index in [-0.39, 0.29) is 6.03 Å². The third kappa shape index (κ3) is 2.18.